The number of nitrogens with one attached hydrogen (secondary N) is 2. The fourth-order valence-electron chi connectivity index (χ4n) is 4.87. The van der Waals surface area contributed by atoms with Gasteiger partial charge in [0, 0.05) is 19.6 Å². The Kier molecular flexibility index (Phi) is 10.3. The monoisotopic (exact) mass is 541 g/mol. The highest BCUT2D eigenvalue weighted by Crippen LogP contribution is 2.28. The molecule has 1 aromatic carbocycles. The van der Waals surface area contributed by atoms with Crippen molar-refractivity contribution in [2.75, 3.05) is 13.7 Å². The van der Waals surface area contributed by atoms with E-state index in [0.717, 1.165) is 37.8 Å². The number of ether oxygens (including phenoxy) is 1. The number of methoxy groups -OCH3 is 1. The summed E-state index contributed by atoms with van der Waals surface area (Å²) in [7, 11) is 1.64. The number of amides is 2. The predicted octanol–water partition coefficient (Wildman–Crippen LogP) is 2.61. The van der Waals surface area contributed by atoms with Crippen LogP contribution in [0.5, 0.6) is 0 Å². The molecule has 3 N–H and O–H groups in total. The van der Waals surface area contributed by atoms with Crippen LogP contribution < -0.4 is 10.6 Å². The summed E-state index contributed by atoms with van der Waals surface area (Å²) < 4.78 is 37.4. The Bertz CT molecular complexity index is 984. The first-order valence-corrected chi connectivity index (χ1v) is 12.6. The molecular weight excluding hydrogens is 507 g/mol. The number of halogens is 3. The summed E-state index contributed by atoms with van der Waals surface area (Å²) in [6.45, 7) is 2.81. The van der Waals surface area contributed by atoms with Crippen molar-refractivity contribution in [3.05, 3.63) is 48.0 Å². The van der Waals surface area contributed by atoms with E-state index in [1.807, 2.05) is 49.4 Å². The number of hydrogen-bond donors (Lipinski definition) is 3. The van der Waals surface area contributed by atoms with Crippen LogP contribution in [0.2, 0.25) is 0 Å². The van der Waals surface area contributed by atoms with Crippen molar-refractivity contribution >= 4 is 17.8 Å². The van der Waals surface area contributed by atoms with Crippen LogP contribution in [0.1, 0.15) is 38.2 Å². The molecule has 0 aromatic heterocycles. The van der Waals surface area contributed by atoms with Gasteiger partial charge in [-0.15, -0.1) is 0 Å². The molecule has 38 heavy (non-hydrogen) atoms. The van der Waals surface area contributed by atoms with E-state index in [0.29, 0.717) is 6.42 Å². The number of hydroxylamine groups is 2. The minimum Gasteiger partial charge on any atom is -0.475 e. The van der Waals surface area contributed by atoms with Gasteiger partial charge in [0.25, 0.3) is 5.91 Å². The number of carboxylic acids is 1. The average Bonchev–Trinajstić information content (AvgIpc) is 3.44. The number of hydrogen-bond acceptors (Lipinski definition) is 6. The summed E-state index contributed by atoms with van der Waals surface area (Å²) in [5.41, 5.74) is 0.993. The molecule has 0 radical (unpaired) electrons. The van der Waals surface area contributed by atoms with E-state index in [1.54, 1.807) is 7.11 Å². The third kappa shape index (κ3) is 7.78. The lowest BCUT2D eigenvalue weighted by molar-refractivity contribution is -0.232. The van der Waals surface area contributed by atoms with Crippen LogP contribution >= 0.6 is 0 Å². The molecule has 2 unspecified atom stereocenters. The van der Waals surface area contributed by atoms with Crippen LogP contribution in [0.3, 0.4) is 0 Å². The molecule has 12 heteroatoms. The molecule has 6 atom stereocenters. The van der Waals surface area contributed by atoms with Crippen molar-refractivity contribution in [1.82, 2.24) is 15.7 Å². The van der Waals surface area contributed by atoms with Gasteiger partial charge in [-0.2, -0.15) is 13.2 Å². The van der Waals surface area contributed by atoms with Gasteiger partial charge >= 0.3 is 12.1 Å². The van der Waals surface area contributed by atoms with Gasteiger partial charge in [-0.3, -0.25) is 14.4 Å². The number of carboxylic acid groups (broad SMARTS) is 1. The molecule has 4 aliphatic rings. The number of nitrogens with zero attached hydrogens (tertiary/aromatic N) is 1. The van der Waals surface area contributed by atoms with Gasteiger partial charge in [0.1, 0.15) is 12.1 Å². The summed E-state index contributed by atoms with van der Waals surface area (Å²) in [4.78, 5) is 41.4. The molecule has 2 bridgehead atoms. The molecule has 3 aliphatic heterocycles. The number of alkyl halides is 3. The number of carbonyl (C=O) groups is 3. The lowest BCUT2D eigenvalue weighted by atomic mass is 9.94. The van der Waals surface area contributed by atoms with Crippen LogP contribution in [-0.4, -0.2) is 78.1 Å². The summed E-state index contributed by atoms with van der Waals surface area (Å²) >= 11 is 0. The predicted molar refractivity (Wildman–Crippen MR) is 131 cm³/mol. The largest absolute Gasteiger partial charge is 0.490 e. The molecule has 5 rings (SSSR count). The summed E-state index contributed by atoms with van der Waals surface area (Å²) in [6, 6.07) is 9.15. The average molecular weight is 542 g/mol. The molecule has 210 valence electrons. The molecular formula is C26H34F3N3O6. The summed E-state index contributed by atoms with van der Waals surface area (Å²) in [5, 5.41) is 15.0. The Hall–Kier alpha value is -2.96. The second-order valence-corrected chi connectivity index (χ2v) is 9.58. The van der Waals surface area contributed by atoms with Gasteiger partial charge in [0.05, 0.1) is 18.1 Å². The van der Waals surface area contributed by atoms with Gasteiger partial charge in [0.15, 0.2) is 0 Å². The summed E-state index contributed by atoms with van der Waals surface area (Å²) in [6.07, 6.45) is 2.95. The molecule has 1 aromatic rings. The highest BCUT2D eigenvalue weighted by Gasteiger charge is 2.40. The van der Waals surface area contributed by atoms with E-state index in [4.69, 9.17) is 19.5 Å². The number of aliphatic carboxylic acids is 1. The normalized spacial score (nSPS) is 24.7. The highest BCUT2D eigenvalue weighted by atomic mass is 19.4. The van der Waals surface area contributed by atoms with E-state index in [1.165, 1.54) is 5.06 Å². The lowest BCUT2D eigenvalue weighted by Gasteiger charge is -2.41. The second-order valence-electron chi connectivity index (χ2n) is 9.58. The number of benzene rings is 1. The van der Waals surface area contributed by atoms with Gasteiger partial charge in [0.2, 0.25) is 5.91 Å². The van der Waals surface area contributed by atoms with E-state index >= 15 is 0 Å². The van der Waals surface area contributed by atoms with Crippen molar-refractivity contribution in [3.63, 3.8) is 0 Å². The SMILES string of the molecule is CO[C@@H]([C@@H]1CCCN1)[C@@H](C)C(=O)N[C@@H](Cc1ccccc1)C(=O)N1OC2C=CC1CC2.O=C(O)C(F)(F)F. The number of rotatable bonds is 8. The first-order valence-electron chi connectivity index (χ1n) is 12.6. The minimum atomic E-state index is -5.08. The molecule has 2 saturated heterocycles. The van der Waals surface area contributed by atoms with Crippen LogP contribution in [0, 0.1) is 5.92 Å². The van der Waals surface area contributed by atoms with Gasteiger partial charge in [-0.1, -0.05) is 49.4 Å². The minimum absolute atomic E-state index is 0.0627. The Morgan fingerprint density at radius 3 is 2.34 bits per heavy atom. The second kappa shape index (κ2) is 13.2. The van der Waals surface area contributed by atoms with E-state index in [9.17, 15) is 22.8 Å². The topological polar surface area (TPSA) is 117 Å². The first-order chi connectivity index (χ1) is 18.0. The van der Waals surface area contributed by atoms with Crippen molar-refractivity contribution in [2.24, 2.45) is 5.92 Å². The quantitative estimate of drug-likeness (QED) is 0.433. The van der Waals surface area contributed by atoms with Crippen LogP contribution in [-0.2, 0) is 30.4 Å². The highest BCUT2D eigenvalue weighted by molar-refractivity contribution is 5.88. The first kappa shape index (κ1) is 29.6. The Morgan fingerprint density at radius 1 is 1.18 bits per heavy atom. The van der Waals surface area contributed by atoms with E-state index in [-0.39, 0.29) is 42.0 Å². The van der Waals surface area contributed by atoms with Crippen LogP contribution in [0.25, 0.3) is 0 Å². The maximum atomic E-state index is 13.5. The number of carbonyl (C=O) groups excluding carboxylic acids is 2. The molecule has 9 nitrogen and oxygen atoms in total. The van der Waals surface area contributed by atoms with Crippen LogP contribution in [0.15, 0.2) is 42.5 Å². The van der Waals surface area contributed by atoms with Crippen molar-refractivity contribution in [2.45, 2.75) is 75.5 Å². The zero-order valence-corrected chi connectivity index (χ0v) is 21.3. The molecule has 2 amide bonds. The smallest absolute Gasteiger partial charge is 0.475 e. The Morgan fingerprint density at radius 2 is 1.87 bits per heavy atom. The zero-order valence-electron chi connectivity index (χ0n) is 21.3. The summed E-state index contributed by atoms with van der Waals surface area (Å²) in [5.74, 6) is -3.51. The van der Waals surface area contributed by atoms with Gasteiger partial charge < -0.3 is 20.5 Å². The Labute approximate surface area is 219 Å². The van der Waals surface area contributed by atoms with Crippen LogP contribution in [0.4, 0.5) is 13.2 Å². The van der Waals surface area contributed by atoms with Crippen molar-refractivity contribution in [3.8, 4) is 0 Å². The van der Waals surface area contributed by atoms with Gasteiger partial charge in [-0.25, -0.2) is 9.86 Å². The van der Waals surface area contributed by atoms with E-state index in [2.05, 4.69) is 10.6 Å². The fourth-order valence-corrected chi connectivity index (χ4v) is 4.87. The maximum absolute atomic E-state index is 13.5. The van der Waals surface area contributed by atoms with Crippen molar-refractivity contribution < 1.29 is 42.2 Å². The molecule has 0 spiro atoms. The molecule has 0 saturated carbocycles. The molecule has 1 aliphatic carbocycles. The van der Waals surface area contributed by atoms with E-state index < -0.39 is 18.2 Å². The molecule has 3 heterocycles. The standard InChI is InChI=1S/C24H33N3O4.C2HF3O2/c1-16(22(30-2)20-9-6-14-25-20)23(28)26-21(15-17-7-4-3-5-8-17)24(29)27-18-10-12-19(31-27)13-11-18;3-2(4,5)1(6)7/h3-5,7-8,10,12,16,18-22,25H,6,9,11,13-15H2,1-2H3,(H,26,28);(H,6,7)/t16-,18?,19?,20+,21+,22-;/m1./s1. The zero-order chi connectivity index (χ0) is 27.9. The Balaban J connectivity index is 0.000000505. The fraction of sp³-hybridized carbons (Fsp3) is 0.577. The third-order valence-electron chi connectivity index (χ3n) is 6.88. The number of fused-ring (bicyclic) bond motifs is 2. The molecule has 2 fully saturated rings. The third-order valence-corrected chi connectivity index (χ3v) is 6.88. The van der Waals surface area contributed by atoms with Gasteiger partial charge in [-0.05, 0) is 37.8 Å². The lowest BCUT2D eigenvalue weighted by Crippen LogP contribution is -2.57. The maximum Gasteiger partial charge on any atom is 0.490 e. The van der Waals surface area contributed by atoms with Crippen molar-refractivity contribution in [1.29, 1.82) is 0 Å².